The van der Waals surface area contributed by atoms with Crippen LogP contribution in [-0.2, 0) is 17.8 Å². The Morgan fingerprint density at radius 2 is 1.77 bits per heavy atom. The van der Waals surface area contributed by atoms with Crippen molar-refractivity contribution in [1.29, 1.82) is 0 Å². The van der Waals surface area contributed by atoms with Crippen molar-refractivity contribution in [3.63, 3.8) is 0 Å². The molecule has 3 aromatic rings. The van der Waals surface area contributed by atoms with Crippen LogP contribution in [0, 0.1) is 6.92 Å². The lowest BCUT2D eigenvalue weighted by molar-refractivity contribution is -0.131. The summed E-state index contributed by atoms with van der Waals surface area (Å²) in [5, 5.41) is 2.98. The van der Waals surface area contributed by atoms with E-state index in [9.17, 15) is 9.59 Å². The normalized spacial score (nSPS) is 10.9. The number of para-hydroxylation sites is 2. The molecule has 0 aliphatic heterocycles. The van der Waals surface area contributed by atoms with Crippen molar-refractivity contribution in [1.82, 2.24) is 19.8 Å². The smallest absolute Gasteiger partial charge is 0.251 e. The largest absolute Gasteiger partial charge is 0.352 e. The molecule has 31 heavy (non-hydrogen) atoms. The summed E-state index contributed by atoms with van der Waals surface area (Å²) in [4.78, 5) is 32.1. The fraction of sp³-hybridized carbons (Fsp3) is 0.400. The Kier molecular flexibility index (Phi) is 7.82. The lowest BCUT2D eigenvalue weighted by Crippen LogP contribution is -2.35. The van der Waals surface area contributed by atoms with E-state index in [1.54, 1.807) is 0 Å². The minimum Gasteiger partial charge on any atom is -0.352 e. The predicted molar refractivity (Wildman–Crippen MR) is 124 cm³/mol. The quantitative estimate of drug-likeness (QED) is 0.540. The SMILES string of the molecule is CCCN(CCC)C(=O)Cn1c(CCNC(=O)c2cccc(C)c2)nc2ccccc21. The van der Waals surface area contributed by atoms with E-state index < -0.39 is 0 Å². The molecular formula is C25H32N4O2. The second kappa shape index (κ2) is 10.8. The van der Waals surface area contributed by atoms with Crippen LogP contribution in [0.5, 0.6) is 0 Å². The van der Waals surface area contributed by atoms with Crippen molar-refractivity contribution in [2.45, 2.75) is 46.6 Å². The van der Waals surface area contributed by atoms with E-state index in [2.05, 4.69) is 19.2 Å². The first kappa shape index (κ1) is 22.5. The third-order valence-electron chi connectivity index (χ3n) is 5.28. The van der Waals surface area contributed by atoms with Crippen LogP contribution in [0.1, 0.15) is 48.4 Å². The molecule has 0 saturated heterocycles. The highest BCUT2D eigenvalue weighted by Crippen LogP contribution is 2.17. The van der Waals surface area contributed by atoms with E-state index in [1.807, 2.05) is 64.9 Å². The Bertz CT molecular complexity index is 1030. The lowest BCUT2D eigenvalue weighted by atomic mass is 10.1. The van der Waals surface area contributed by atoms with E-state index in [0.29, 0.717) is 18.5 Å². The van der Waals surface area contributed by atoms with Gasteiger partial charge in [-0.2, -0.15) is 0 Å². The summed E-state index contributed by atoms with van der Waals surface area (Å²) in [6.45, 7) is 8.40. The first-order chi connectivity index (χ1) is 15.0. The maximum Gasteiger partial charge on any atom is 0.251 e. The number of rotatable bonds is 10. The molecule has 0 fully saturated rings. The average Bonchev–Trinajstić information content (AvgIpc) is 3.10. The number of fused-ring (bicyclic) bond motifs is 1. The van der Waals surface area contributed by atoms with Crippen LogP contribution in [0.3, 0.4) is 0 Å². The molecule has 0 bridgehead atoms. The summed E-state index contributed by atoms with van der Waals surface area (Å²) in [5.41, 5.74) is 3.52. The summed E-state index contributed by atoms with van der Waals surface area (Å²) < 4.78 is 1.99. The molecule has 2 amide bonds. The number of hydrogen-bond acceptors (Lipinski definition) is 3. The first-order valence-corrected chi connectivity index (χ1v) is 11.1. The van der Waals surface area contributed by atoms with Crippen molar-refractivity contribution in [2.24, 2.45) is 0 Å². The molecule has 2 aromatic carbocycles. The van der Waals surface area contributed by atoms with Crippen molar-refractivity contribution >= 4 is 22.8 Å². The first-order valence-electron chi connectivity index (χ1n) is 11.1. The molecule has 6 nitrogen and oxygen atoms in total. The third-order valence-corrected chi connectivity index (χ3v) is 5.28. The molecule has 0 radical (unpaired) electrons. The summed E-state index contributed by atoms with van der Waals surface area (Å²) in [5.74, 6) is 0.823. The van der Waals surface area contributed by atoms with Gasteiger partial charge in [-0.3, -0.25) is 9.59 Å². The molecule has 164 valence electrons. The molecule has 3 rings (SSSR count). The standard InChI is InChI=1S/C25H32N4O2/c1-4-15-28(16-5-2)24(30)18-29-22-12-7-6-11-21(22)27-23(29)13-14-26-25(31)20-10-8-9-19(3)17-20/h6-12,17H,4-5,13-16,18H2,1-3H3,(H,26,31). The van der Waals surface area contributed by atoms with E-state index in [4.69, 9.17) is 4.98 Å². The maximum atomic E-state index is 13.0. The third kappa shape index (κ3) is 5.72. The molecule has 1 aromatic heterocycles. The number of nitrogens with zero attached hydrogens (tertiary/aromatic N) is 3. The Hall–Kier alpha value is -3.15. The summed E-state index contributed by atoms with van der Waals surface area (Å²) in [6.07, 6.45) is 2.43. The zero-order chi connectivity index (χ0) is 22.2. The van der Waals surface area contributed by atoms with Gasteiger partial charge in [-0.15, -0.1) is 0 Å². The number of aromatic nitrogens is 2. The average molecular weight is 421 g/mol. The van der Waals surface area contributed by atoms with E-state index in [-0.39, 0.29) is 18.4 Å². The Morgan fingerprint density at radius 1 is 1.03 bits per heavy atom. The number of nitrogens with one attached hydrogen (secondary N) is 1. The minimum absolute atomic E-state index is 0.0977. The van der Waals surface area contributed by atoms with Crippen LogP contribution in [0.15, 0.2) is 48.5 Å². The second-order valence-corrected chi connectivity index (χ2v) is 7.86. The van der Waals surface area contributed by atoms with Gasteiger partial charge in [0.15, 0.2) is 0 Å². The number of amides is 2. The van der Waals surface area contributed by atoms with Gasteiger partial charge in [-0.1, -0.05) is 43.7 Å². The number of carbonyl (C=O) groups excluding carboxylic acids is 2. The van der Waals surface area contributed by atoms with Crippen LogP contribution in [0.25, 0.3) is 11.0 Å². The van der Waals surface area contributed by atoms with Gasteiger partial charge in [-0.25, -0.2) is 4.98 Å². The van der Waals surface area contributed by atoms with Crippen molar-refractivity contribution < 1.29 is 9.59 Å². The van der Waals surface area contributed by atoms with E-state index in [1.165, 1.54) is 0 Å². The molecule has 6 heteroatoms. The highest BCUT2D eigenvalue weighted by molar-refractivity contribution is 5.94. The van der Waals surface area contributed by atoms with Crippen molar-refractivity contribution in [3.8, 4) is 0 Å². The Labute approximate surface area is 184 Å². The van der Waals surface area contributed by atoms with Gasteiger partial charge in [0.05, 0.1) is 11.0 Å². The van der Waals surface area contributed by atoms with E-state index in [0.717, 1.165) is 48.4 Å². The number of aryl methyl sites for hydroxylation is 1. The molecule has 1 heterocycles. The fourth-order valence-electron chi connectivity index (χ4n) is 3.81. The maximum absolute atomic E-state index is 13.0. The van der Waals surface area contributed by atoms with Gasteiger partial charge in [-0.05, 0) is 44.0 Å². The molecular weight excluding hydrogens is 388 g/mol. The van der Waals surface area contributed by atoms with Crippen LogP contribution in [-0.4, -0.2) is 45.9 Å². The topological polar surface area (TPSA) is 67.2 Å². The monoisotopic (exact) mass is 420 g/mol. The number of imidazole rings is 1. The van der Waals surface area contributed by atoms with Crippen molar-refractivity contribution in [3.05, 3.63) is 65.5 Å². The van der Waals surface area contributed by atoms with Gasteiger partial charge in [0.25, 0.3) is 5.91 Å². The predicted octanol–water partition coefficient (Wildman–Crippen LogP) is 3.97. The zero-order valence-corrected chi connectivity index (χ0v) is 18.7. The molecule has 0 saturated carbocycles. The second-order valence-electron chi connectivity index (χ2n) is 7.86. The molecule has 1 N–H and O–H groups in total. The van der Waals surface area contributed by atoms with Crippen LogP contribution >= 0.6 is 0 Å². The Morgan fingerprint density at radius 3 is 2.48 bits per heavy atom. The number of hydrogen-bond donors (Lipinski definition) is 1. The van der Waals surface area contributed by atoms with Gasteiger partial charge in [0, 0.05) is 31.6 Å². The van der Waals surface area contributed by atoms with Crippen LogP contribution < -0.4 is 5.32 Å². The molecule has 0 aliphatic carbocycles. The Balaban J connectivity index is 1.74. The summed E-state index contributed by atoms with van der Waals surface area (Å²) in [7, 11) is 0. The van der Waals surface area contributed by atoms with Gasteiger partial charge >= 0.3 is 0 Å². The molecule has 0 aliphatic rings. The van der Waals surface area contributed by atoms with Gasteiger partial charge < -0.3 is 14.8 Å². The minimum atomic E-state index is -0.0977. The summed E-state index contributed by atoms with van der Waals surface area (Å²) >= 11 is 0. The highest BCUT2D eigenvalue weighted by Gasteiger charge is 2.17. The van der Waals surface area contributed by atoms with Crippen LogP contribution in [0.4, 0.5) is 0 Å². The summed E-state index contributed by atoms with van der Waals surface area (Å²) in [6, 6.07) is 15.4. The highest BCUT2D eigenvalue weighted by atomic mass is 16.2. The number of carbonyl (C=O) groups is 2. The fourth-order valence-corrected chi connectivity index (χ4v) is 3.81. The van der Waals surface area contributed by atoms with E-state index >= 15 is 0 Å². The lowest BCUT2D eigenvalue weighted by Gasteiger charge is -2.22. The van der Waals surface area contributed by atoms with Gasteiger partial charge in [0.2, 0.25) is 5.91 Å². The van der Waals surface area contributed by atoms with Crippen LogP contribution in [0.2, 0.25) is 0 Å². The molecule has 0 atom stereocenters. The molecule has 0 spiro atoms. The number of benzene rings is 2. The zero-order valence-electron chi connectivity index (χ0n) is 18.7. The van der Waals surface area contributed by atoms with Crippen molar-refractivity contribution in [2.75, 3.05) is 19.6 Å². The molecule has 0 unspecified atom stereocenters. The van der Waals surface area contributed by atoms with Gasteiger partial charge in [0.1, 0.15) is 12.4 Å².